The highest BCUT2D eigenvalue weighted by Crippen LogP contribution is 2.33. The van der Waals surface area contributed by atoms with Crippen molar-refractivity contribution in [1.82, 2.24) is 19.5 Å². The molecule has 2 aromatic rings. The Hall–Kier alpha value is -1.90. The maximum atomic E-state index is 13.1. The molecular weight excluding hydrogens is 402 g/mol. The molecule has 4 atom stereocenters. The van der Waals surface area contributed by atoms with Gasteiger partial charge in [0.1, 0.15) is 5.82 Å². The number of alkyl halides is 1. The highest BCUT2D eigenvalue weighted by atomic mass is 35.5. The van der Waals surface area contributed by atoms with Crippen LogP contribution in [0.5, 0.6) is 0 Å². The van der Waals surface area contributed by atoms with Crippen molar-refractivity contribution in [2.24, 2.45) is 17.4 Å². The summed E-state index contributed by atoms with van der Waals surface area (Å²) in [7, 11) is 0. The summed E-state index contributed by atoms with van der Waals surface area (Å²) in [6, 6.07) is 2.16. The van der Waals surface area contributed by atoms with Crippen molar-refractivity contribution in [3.8, 4) is 0 Å². The molecule has 2 aliphatic heterocycles. The first-order chi connectivity index (χ1) is 14.4. The number of amides is 1. The number of aromatic nitrogens is 3. The van der Waals surface area contributed by atoms with Gasteiger partial charge in [0.15, 0.2) is 5.65 Å². The normalized spacial score (nSPS) is 24.4. The molecule has 1 amide bonds. The minimum atomic E-state index is -0.361. The van der Waals surface area contributed by atoms with E-state index in [9.17, 15) is 4.79 Å². The first-order valence-corrected chi connectivity index (χ1v) is 11.3. The summed E-state index contributed by atoms with van der Waals surface area (Å²) in [4.78, 5) is 22.2. The average Bonchev–Trinajstić information content (AvgIpc) is 3.37. The topological polar surface area (TPSA) is 106 Å². The zero-order valence-electron chi connectivity index (χ0n) is 17.8. The fourth-order valence-electron chi connectivity index (χ4n) is 4.61. The van der Waals surface area contributed by atoms with Crippen LogP contribution in [0.4, 0.5) is 5.82 Å². The standard InChI is InChI=1S/C21H32ClN7O/c1-13-11-29-19(25-20(13)27-8-6-15(24)12-27)9-17(26-29)18-5-3-4-7-28(18)21(30)14(2)16(22)10-23/h9,11,14-16,18H,3-8,10,12,23-24H2,1-2H3/t14?,15-,16?,18-/m0/s1. The Morgan fingerprint density at radius 2 is 2.13 bits per heavy atom. The second kappa shape index (κ2) is 8.69. The number of piperidine rings is 1. The monoisotopic (exact) mass is 433 g/mol. The Balaban J connectivity index is 1.63. The Morgan fingerprint density at radius 3 is 2.83 bits per heavy atom. The summed E-state index contributed by atoms with van der Waals surface area (Å²) in [6.45, 7) is 6.68. The molecule has 0 spiro atoms. The van der Waals surface area contributed by atoms with Gasteiger partial charge in [-0.1, -0.05) is 6.92 Å². The molecule has 164 valence electrons. The number of hydrogen-bond acceptors (Lipinski definition) is 6. The van der Waals surface area contributed by atoms with Crippen molar-refractivity contribution in [1.29, 1.82) is 0 Å². The molecule has 8 nitrogen and oxygen atoms in total. The van der Waals surface area contributed by atoms with Crippen molar-refractivity contribution >= 4 is 29.0 Å². The number of hydrogen-bond donors (Lipinski definition) is 2. The van der Waals surface area contributed by atoms with Gasteiger partial charge >= 0.3 is 0 Å². The largest absolute Gasteiger partial charge is 0.355 e. The highest BCUT2D eigenvalue weighted by molar-refractivity contribution is 6.22. The molecule has 9 heteroatoms. The minimum absolute atomic E-state index is 0.0538. The van der Waals surface area contributed by atoms with E-state index < -0.39 is 0 Å². The van der Waals surface area contributed by atoms with Crippen molar-refractivity contribution in [3.05, 3.63) is 23.5 Å². The summed E-state index contributed by atoms with van der Waals surface area (Å²) in [5.41, 5.74) is 14.5. The molecule has 4 rings (SSSR count). The Morgan fingerprint density at radius 1 is 1.33 bits per heavy atom. The average molecular weight is 434 g/mol. The van der Waals surface area contributed by atoms with E-state index in [2.05, 4.69) is 11.8 Å². The van der Waals surface area contributed by atoms with Crippen LogP contribution >= 0.6 is 11.6 Å². The van der Waals surface area contributed by atoms with E-state index in [-0.39, 0.29) is 35.8 Å². The van der Waals surface area contributed by atoms with Crippen LogP contribution in [0.3, 0.4) is 0 Å². The fraction of sp³-hybridized carbons (Fsp3) is 0.667. The van der Waals surface area contributed by atoms with Crippen LogP contribution in [0.2, 0.25) is 0 Å². The summed E-state index contributed by atoms with van der Waals surface area (Å²) in [6.07, 6.45) is 5.96. The number of aryl methyl sites for hydroxylation is 1. The van der Waals surface area contributed by atoms with Crippen LogP contribution in [-0.2, 0) is 4.79 Å². The maximum Gasteiger partial charge on any atom is 0.227 e. The van der Waals surface area contributed by atoms with Crippen LogP contribution in [0.15, 0.2) is 12.3 Å². The van der Waals surface area contributed by atoms with Gasteiger partial charge in [0, 0.05) is 50.0 Å². The van der Waals surface area contributed by atoms with Gasteiger partial charge in [0.05, 0.1) is 23.0 Å². The van der Waals surface area contributed by atoms with Crippen LogP contribution in [-0.4, -0.2) is 63.0 Å². The first-order valence-electron chi connectivity index (χ1n) is 10.9. The molecule has 2 aromatic heterocycles. The Kier molecular flexibility index (Phi) is 6.18. The lowest BCUT2D eigenvalue weighted by molar-refractivity contribution is -0.139. The summed E-state index contributed by atoms with van der Waals surface area (Å²) in [5, 5.41) is 4.44. The molecule has 30 heavy (non-hydrogen) atoms. The van der Waals surface area contributed by atoms with Gasteiger partial charge in [-0.2, -0.15) is 5.10 Å². The molecule has 0 bridgehead atoms. The highest BCUT2D eigenvalue weighted by Gasteiger charge is 2.34. The Labute approximate surface area is 182 Å². The fourth-order valence-corrected chi connectivity index (χ4v) is 4.71. The third-order valence-corrected chi connectivity index (χ3v) is 6.99. The lowest BCUT2D eigenvalue weighted by atomic mass is 9.96. The number of carbonyl (C=O) groups is 1. The zero-order valence-corrected chi connectivity index (χ0v) is 18.6. The number of nitrogens with two attached hydrogens (primary N) is 2. The van der Waals surface area contributed by atoms with Gasteiger partial charge in [-0.3, -0.25) is 4.79 Å². The van der Waals surface area contributed by atoms with Crippen molar-refractivity contribution < 1.29 is 4.79 Å². The summed E-state index contributed by atoms with van der Waals surface area (Å²) < 4.78 is 1.83. The third-order valence-electron chi connectivity index (χ3n) is 6.43. The van der Waals surface area contributed by atoms with Gasteiger partial charge in [0.2, 0.25) is 5.91 Å². The van der Waals surface area contributed by atoms with E-state index in [1.807, 2.05) is 28.6 Å². The van der Waals surface area contributed by atoms with Crippen LogP contribution in [0, 0.1) is 12.8 Å². The number of fused-ring (bicyclic) bond motifs is 1. The predicted octanol–water partition coefficient (Wildman–Crippen LogP) is 1.83. The van der Waals surface area contributed by atoms with E-state index in [0.29, 0.717) is 0 Å². The molecule has 4 N–H and O–H groups in total. The van der Waals surface area contributed by atoms with Gasteiger partial charge in [0.25, 0.3) is 0 Å². The van der Waals surface area contributed by atoms with E-state index in [1.54, 1.807) is 0 Å². The number of likely N-dealkylation sites (tertiary alicyclic amines) is 1. The molecule has 0 aliphatic carbocycles. The number of carbonyl (C=O) groups excluding carboxylic acids is 1. The van der Waals surface area contributed by atoms with Crippen LogP contribution in [0.1, 0.15) is 49.9 Å². The molecule has 0 radical (unpaired) electrons. The molecule has 2 saturated heterocycles. The third kappa shape index (κ3) is 4.00. The van der Waals surface area contributed by atoms with E-state index >= 15 is 0 Å². The van der Waals surface area contributed by atoms with Gasteiger partial charge in [-0.15, -0.1) is 11.6 Å². The molecule has 4 heterocycles. The van der Waals surface area contributed by atoms with Gasteiger partial charge in [-0.25, -0.2) is 9.50 Å². The van der Waals surface area contributed by atoms with Crippen molar-refractivity contribution in [2.45, 2.75) is 57.0 Å². The van der Waals surface area contributed by atoms with Gasteiger partial charge < -0.3 is 21.3 Å². The maximum absolute atomic E-state index is 13.1. The van der Waals surface area contributed by atoms with Crippen LogP contribution in [0.25, 0.3) is 5.65 Å². The van der Waals surface area contributed by atoms with Crippen molar-refractivity contribution in [2.75, 3.05) is 31.1 Å². The van der Waals surface area contributed by atoms with Gasteiger partial charge in [-0.05, 0) is 32.6 Å². The number of nitrogens with zero attached hydrogens (tertiary/aromatic N) is 5. The second-order valence-electron chi connectivity index (χ2n) is 8.70. The first kappa shape index (κ1) is 21.3. The van der Waals surface area contributed by atoms with E-state index in [0.717, 1.165) is 68.0 Å². The van der Waals surface area contributed by atoms with Crippen LogP contribution < -0.4 is 16.4 Å². The van der Waals surface area contributed by atoms with Crippen molar-refractivity contribution in [3.63, 3.8) is 0 Å². The quantitative estimate of drug-likeness (QED) is 0.697. The number of halogens is 1. The molecule has 2 aliphatic rings. The smallest absolute Gasteiger partial charge is 0.227 e. The molecular formula is C21H32ClN7O. The van der Waals surface area contributed by atoms with E-state index in [1.165, 1.54) is 0 Å². The zero-order chi connectivity index (χ0) is 21.4. The predicted molar refractivity (Wildman–Crippen MR) is 119 cm³/mol. The minimum Gasteiger partial charge on any atom is -0.355 e. The number of anilines is 1. The second-order valence-corrected chi connectivity index (χ2v) is 9.26. The molecule has 2 fully saturated rings. The molecule has 2 unspecified atom stereocenters. The Bertz CT molecular complexity index is 916. The lowest BCUT2D eigenvalue weighted by Gasteiger charge is -2.37. The summed E-state index contributed by atoms with van der Waals surface area (Å²) >= 11 is 6.28. The van der Waals surface area contributed by atoms with E-state index in [4.69, 9.17) is 33.2 Å². The molecule has 0 saturated carbocycles. The molecule has 0 aromatic carbocycles. The lowest BCUT2D eigenvalue weighted by Crippen LogP contribution is -2.44. The number of rotatable bonds is 5. The summed E-state index contributed by atoms with van der Waals surface area (Å²) in [5.74, 6) is 0.707. The SMILES string of the molecule is Cc1cn2nc([C@@H]3CCCCN3C(=O)C(C)C(Cl)CN)cc2nc1N1CC[C@H](N)C1.